The largest absolute Gasteiger partial charge is 0.310 e. The monoisotopic (exact) mass is 890 g/mol. The molecule has 67 heavy (non-hydrogen) atoms. The Kier molecular flexibility index (Phi) is 9.11. The summed E-state index contributed by atoms with van der Waals surface area (Å²) in [4.78, 5) is 4.87. The van der Waals surface area contributed by atoms with Crippen LogP contribution in [-0.2, 0) is 0 Å². The summed E-state index contributed by atoms with van der Waals surface area (Å²) in [6, 6.07) is 83.7. The number of thiophene rings is 1. The lowest BCUT2D eigenvalue weighted by Crippen LogP contribution is -2.37. The SMILES string of the molecule is C[Si](C)(C)c1ccc(N(c2ccc3c(c2)sc2c4ccc(N(c5ccccc5)c5ccc6ccc7ccccc7c6c5)cc4c4ccccc4c32)c2ccc3ccc4ccccc4c3c2)cc1. The van der Waals surface area contributed by atoms with Gasteiger partial charge in [-0.05, 0) is 132 Å². The van der Waals surface area contributed by atoms with Crippen LogP contribution < -0.4 is 15.0 Å². The number of anilines is 6. The molecule has 1 heterocycles. The first kappa shape index (κ1) is 39.6. The van der Waals surface area contributed by atoms with E-state index < -0.39 is 8.07 Å². The second-order valence-electron chi connectivity index (χ2n) is 18.9. The summed E-state index contributed by atoms with van der Waals surface area (Å²) in [5, 5.41) is 19.2. The highest BCUT2D eigenvalue weighted by molar-refractivity contribution is 7.27. The molecule has 0 saturated carbocycles. The lowest BCUT2D eigenvalue weighted by molar-refractivity contribution is 1.30. The Balaban J connectivity index is 0.998. The third-order valence-corrected chi connectivity index (χ3v) is 17.2. The fourth-order valence-corrected chi connectivity index (χ4v) is 13.0. The molecule has 0 aliphatic rings. The molecule has 0 fully saturated rings. The molecule has 0 saturated heterocycles. The number of fused-ring (bicyclic) bond motifs is 14. The molecule has 0 atom stereocenters. The summed E-state index contributed by atoms with van der Waals surface area (Å²) in [5.74, 6) is 0. The molecule has 0 aliphatic heterocycles. The molecule has 12 aromatic carbocycles. The number of hydrogen-bond donors (Lipinski definition) is 0. The molecule has 0 N–H and O–H groups in total. The topological polar surface area (TPSA) is 6.48 Å². The minimum atomic E-state index is -1.50. The molecule has 13 rings (SSSR count). The summed E-state index contributed by atoms with van der Waals surface area (Å²) in [7, 11) is -1.50. The van der Waals surface area contributed by atoms with Gasteiger partial charge in [-0.25, -0.2) is 0 Å². The van der Waals surface area contributed by atoms with Crippen LogP contribution in [0.1, 0.15) is 0 Å². The van der Waals surface area contributed by atoms with Crippen molar-refractivity contribution in [3.63, 3.8) is 0 Å². The zero-order valence-electron chi connectivity index (χ0n) is 37.7. The van der Waals surface area contributed by atoms with E-state index in [1.54, 1.807) is 0 Å². The summed E-state index contributed by atoms with van der Waals surface area (Å²) >= 11 is 1.91. The quantitative estimate of drug-likeness (QED) is 0.116. The average molecular weight is 891 g/mol. The van der Waals surface area contributed by atoms with Crippen LogP contribution in [0.25, 0.3) is 84.8 Å². The van der Waals surface area contributed by atoms with Crippen molar-refractivity contribution in [3.8, 4) is 0 Å². The van der Waals surface area contributed by atoms with E-state index >= 15 is 0 Å². The average Bonchev–Trinajstić information content (AvgIpc) is 3.76. The molecule has 318 valence electrons. The van der Waals surface area contributed by atoms with E-state index in [9.17, 15) is 0 Å². The van der Waals surface area contributed by atoms with Crippen LogP contribution in [0, 0.1) is 0 Å². The van der Waals surface area contributed by atoms with Gasteiger partial charge in [0.25, 0.3) is 0 Å². The van der Waals surface area contributed by atoms with Crippen LogP contribution in [0.5, 0.6) is 0 Å². The first-order valence-electron chi connectivity index (χ1n) is 23.2. The molecule has 0 amide bonds. The number of rotatable bonds is 7. The van der Waals surface area contributed by atoms with Crippen molar-refractivity contribution in [1.29, 1.82) is 0 Å². The maximum atomic E-state index is 2.45. The van der Waals surface area contributed by atoms with Crippen LogP contribution in [0.2, 0.25) is 19.6 Å². The second kappa shape index (κ2) is 15.4. The number of benzene rings is 12. The fraction of sp³-hybridized carbons (Fsp3) is 0.0476. The molecule has 4 heteroatoms. The van der Waals surface area contributed by atoms with E-state index in [0.717, 1.165) is 34.1 Å². The standard InChI is InChI=1S/C63H46N2SSi/c1-67(2,3)51-33-29-46(30-34-51)65(48-28-26-44-24-22-42-14-8-10-18-53(42)59(44)38-48)50-32-36-57-61(40-50)66-63-56-35-31-49(39-60(56)54-19-11-12-20-55(54)62(57)63)64(45-15-5-4-6-16-45)47-27-25-43-23-21-41-13-7-9-17-52(41)58(43)37-47/h4-40H,1-3H3. The molecule has 0 bridgehead atoms. The minimum Gasteiger partial charge on any atom is -0.310 e. The molecule has 0 aliphatic carbocycles. The summed E-state index contributed by atoms with van der Waals surface area (Å²) in [6.45, 7) is 7.26. The van der Waals surface area contributed by atoms with Crippen molar-refractivity contribution in [2.75, 3.05) is 9.80 Å². The highest BCUT2D eigenvalue weighted by Crippen LogP contribution is 2.48. The van der Waals surface area contributed by atoms with Crippen LogP contribution >= 0.6 is 11.3 Å². The Labute approximate surface area is 395 Å². The molecule has 2 nitrogen and oxygen atoms in total. The first-order chi connectivity index (χ1) is 32.8. The lowest BCUT2D eigenvalue weighted by atomic mass is 9.96. The third kappa shape index (κ3) is 6.59. The van der Waals surface area contributed by atoms with Gasteiger partial charge in [-0.3, -0.25) is 0 Å². The maximum Gasteiger partial charge on any atom is 0.0775 e. The van der Waals surface area contributed by atoms with Gasteiger partial charge >= 0.3 is 0 Å². The summed E-state index contributed by atoms with van der Waals surface area (Å²) < 4.78 is 2.59. The molecule has 1 aromatic heterocycles. The Hall–Kier alpha value is -7.76. The van der Waals surface area contributed by atoms with Crippen LogP contribution in [0.3, 0.4) is 0 Å². The summed E-state index contributed by atoms with van der Waals surface area (Å²) in [6.07, 6.45) is 0. The van der Waals surface area contributed by atoms with Crippen molar-refractivity contribution >= 4 is 144 Å². The van der Waals surface area contributed by atoms with Crippen molar-refractivity contribution in [1.82, 2.24) is 0 Å². The van der Waals surface area contributed by atoms with E-state index in [0.29, 0.717) is 0 Å². The van der Waals surface area contributed by atoms with Gasteiger partial charge in [0.2, 0.25) is 0 Å². The van der Waals surface area contributed by atoms with Gasteiger partial charge in [0.15, 0.2) is 0 Å². The molecular weight excluding hydrogens is 845 g/mol. The van der Waals surface area contributed by atoms with Crippen LogP contribution in [-0.4, -0.2) is 8.07 Å². The maximum absolute atomic E-state index is 2.45. The van der Waals surface area contributed by atoms with E-state index in [1.807, 2.05) is 11.3 Å². The Morgan fingerprint density at radius 1 is 0.299 bits per heavy atom. The van der Waals surface area contributed by atoms with Crippen molar-refractivity contribution in [2.24, 2.45) is 0 Å². The second-order valence-corrected chi connectivity index (χ2v) is 25.1. The van der Waals surface area contributed by atoms with Gasteiger partial charge in [0.1, 0.15) is 0 Å². The smallest absolute Gasteiger partial charge is 0.0775 e. The van der Waals surface area contributed by atoms with E-state index in [1.165, 1.54) is 90.0 Å². The highest BCUT2D eigenvalue weighted by Gasteiger charge is 2.22. The van der Waals surface area contributed by atoms with Gasteiger partial charge < -0.3 is 9.80 Å². The van der Waals surface area contributed by atoms with E-state index in [-0.39, 0.29) is 0 Å². The normalized spacial score (nSPS) is 12.1. The minimum absolute atomic E-state index is 1.13. The first-order valence-corrected chi connectivity index (χ1v) is 27.6. The molecule has 0 radical (unpaired) electrons. The van der Waals surface area contributed by atoms with Gasteiger partial charge in [-0.1, -0.05) is 176 Å². The number of nitrogens with zero attached hydrogens (tertiary/aromatic N) is 2. The summed E-state index contributed by atoms with van der Waals surface area (Å²) in [5.41, 5.74) is 6.85. The predicted octanol–water partition coefficient (Wildman–Crippen LogP) is 18.5. The van der Waals surface area contributed by atoms with Crippen molar-refractivity contribution in [2.45, 2.75) is 19.6 Å². The molecule has 13 aromatic rings. The van der Waals surface area contributed by atoms with E-state index in [2.05, 4.69) is 254 Å². The Bertz CT molecular complexity index is 4090. The third-order valence-electron chi connectivity index (χ3n) is 13.9. The lowest BCUT2D eigenvalue weighted by Gasteiger charge is -2.27. The van der Waals surface area contributed by atoms with E-state index in [4.69, 9.17) is 0 Å². The molecular formula is C63H46N2SSi. The molecule has 0 spiro atoms. The zero-order valence-corrected chi connectivity index (χ0v) is 39.5. The van der Waals surface area contributed by atoms with Crippen molar-refractivity contribution < 1.29 is 0 Å². The van der Waals surface area contributed by atoms with Gasteiger partial charge in [0, 0.05) is 59.7 Å². The number of hydrogen-bond acceptors (Lipinski definition) is 3. The van der Waals surface area contributed by atoms with Crippen LogP contribution in [0.15, 0.2) is 224 Å². The van der Waals surface area contributed by atoms with Crippen LogP contribution in [0.4, 0.5) is 34.1 Å². The fourth-order valence-electron chi connectivity index (χ4n) is 10.5. The Morgan fingerprint density at radius 3 is 1.30 bits per heavy atom. The van der Waals surface area contributed by atoms with Gasteiger partial charge in [-0.15, -0.1) is 11.3 Å². The van der Waals surface area contributed by atoms with Gasteiger partial charge in [-0.2, -0.15) is 0 Å². The highest BCUT2D eigenvalue weighted by atomic mass is 32.1. The number of para-hydroxylation sites is 1. The van der Waals surface area contributed by atoms with Crippen molar-refractivity contribution in [3.05, 3.63) is 224 Å². The predicted molar refractivity (Wildman–Crippen MR) is 297 cm³/mol. The Morgan fingerprint density at radius 2 is 0.716 bits per heavy atom. The zero-order chi connectivity index (χ0) is 44.8. The molecule has 0 unspecified atom stereocenters. The van der Waals surface area contributed by atoms with Gasteiger partial charge in [0.05, 0.1) is 8.07 Å².